The van der Waals surface area contributed by atoms with Gasteiger partial charge in [-0.2, -0.15) is 0 Å². The third-order valence-corrected chi connectivity index (χ3v) is 9.87. The highest BCUT2D eigenvalue weighted by Crippen LogP contribution is 2.29. The monoisotopic (exact) mass is 561 g/mol. The minimum Gasteiger partial charge on any atom is -0.508 e. The Balaban J connectivity index is 1.18. The number of aryl methyl sites for hydroxylation is 1. The Morgan fingerprint density at radius 1 is 0.923 bits per heavy atom. The van der Waals surface area contributed by atoms with Crippen LogP contribution in [-0.2, 0) is 27.6 Å². The number of aliphatic hydroxyl groups excluding tert-OH is 2. The molecule has 8 heteroatoms. The first-order valence-electron chi connectivity index (χ1n) is 14.6. The molecule has 0 bridgehead atoms. The molecule has 1 fully saturated rings. The van der Waals surface area contributed by atoms with E-state index < -0.39 is 15.9 Å². The zero-order valence-electron chi connectivity index (χ0n) is 23.2. The number of aromatic hydroxyl groups is 1. The maximum Gasteiger partial charge on any atom is 0.181 e. The summed E-state index contributed by atoms with van der Waals surface area (Å²) in [6.45, 7) is 2.49. The Morgan fingerprint density at radius 2 is 1.67 bits per heavy atom. The Labute approximate surface area is 234 Å². The highest BCUT2D eigenvalue weighted by Gasteiger charge is 2.28. The molecule has 2 aromatic carbocycles. The van der Waals surface area contributed by atoms with Crippen molar-refractivity contribution in [3.8, 4) is 5.75 Å². The lowest BCUT2D eigenvalue weighted by molar-refractivity contribution is 0.126. The van der Waals surface area contributed by atoms with E-state index in [1.54, 1.807) is 18.2 Å². The van der Waals surface area contributed by atoms with Crippen molar-refractivity contribution in [2.75, 3.05) is 26.3 Å². The number of hydrogen-bond donors (Lipinski definition) is 4. The van der Waals surface area contributed by atoms with E-state index in [4.69, 9.17) is 4.74 Å². The van der Waals surface area contributed by atoms with Gasteiger partial charge in [-0.3, -0.25) is 0 Å². The minimum absolute atomic E-state index is 0.0374. The number of unbranched alkanes of at least 4 members (excludes halogenated alkanes) is 4. The van der Waals surface area contributed by atoms with Crippen molar-refractivity contribution >= 4 is 9.84 Å². The van der Waals surface area contributed by atoms with Gasteiger partial charge in [0.15, 0.2) is 9.84 Å². The summed E-state index contributed by atoms with van der Waals surface area (Å²) >= 11 is 0. The maximum atomic E-state index is 13.0. The number of aliphatic hydroxyl groups is 2. The first kappa shape index (κ1) is 31.6. The number of ether oxygens (including phenoxy) is 1. The molecule has 7 nitrogen and oxygen atoms in total. The molecule has 1 aliphatic rings. The van der Waals surface area contributed by atoms with E-state index in [0.29, 0.717) is 22.6 Å². The molecule has 0 radical (unpaired) electrons. The van der Waals surface area contributed by atoms with Crippen molar-refractivity contribution in [3.05, 3.63) is 59.2 Å². The minimum atomic E-state index is -3.21. The SMILES string of the molecule is O=S(=O)(c1cccc(CCCCOCCCCCCNCC(O)c2ccc(O)c(CO)c2)c1)C1CCCCC1. The molecule has 3 rings (SSSR count). The molecule has 0 spiro atoms. The standard InChI is InChI=1S/C31H47NO6S/c33-24-27-22-26(16-17-30(27)34)31(35)23-32-18-7-1-2-8-19-38-20-9-6-11-25-12-10-15-29(21-25)39(36,37)28-13-4-3-5-14-28/h10,12,15-17,21-22,28,31-35H,1-9,11,13-14,18-20,23-24H2. The first-order valence-corrected chi connectivity index (χ1v) is 16.2. The van der Waals surface area contributed by atoms with Crippen molar-refractivity contribution < 1.29 is 28.5 Å². The molecule has 0 saturated heterocycles. The van der Waals surface area contributed by atoms with Gasteiger partial charge in [-0.1, -0.05) is 50.3 Å². The van der Waals surface area contributed by atoms with E-state index in [1.807, 2.05) is 18.2 Å². The van der Waals surface area contributed by atoms with Gasteiger partial charge in [-0.05, 0) is 86.9 Å². The number of rotatable bonds is 18. The van der Waals surface area contributed by atoms with Gasteiger partial charge in [-0.25, -0.2) is 8.42 Å². The summed E-state index contributed by atoms with van der Waals surface area (Å²) in [5.41, 5.74) is 2.19. The molecular weight excluding hydrogens is 514 g/mol. The van der Waals surface area contributed by atoms with Gasteiger partial charge < -0.3 is 25.4 Å². The molecule has 4 N–H and O–H groups in total. The maximum absolute atomic E-state index is 13.0. The Morgan fingerprint density at radius 3 is 2.44 bits per heavy atom. The van der Waals surface area contributed by atoms with Gasteiger partial charge in [0.1, 0.15) is 5.75 Å². The predicted octanol–water partition coefficient (Wildman–Crippen LogP) is 5.21. The smallest absolute Gasteiger partial charge is 0.181 e. The molecule has 1 unspecified atom stereocenters. The predicted molar refractivity (Wildman–Crippen MR) is 155 cm³/mol. The van der Waals surface area contributed by atoms with Crippen LogP contribution < -0.4 is 5.32 Å². The first-order chi connectivity index (χ1) is 18.9. The second-order valence-corrected chi connectivity index (χ2v) is 12.9. The molecule has 39 heavy (non-hydrogen) atoms. The average Bonchev–Trinajstić information content (AvgIpc) is 2.96. The lowest BCUT2D eigenvalue weighted by atomic mass is 10.0. The van der Waals surface area contributed by atoms with E-state index in [-0.39, 0.29) is 17.6 Å². The Kier molecular flexibility index (Phi) is 13.7. The highest BCUT2D eigenvalue weighted by molar-refractivity contribution is 7.92. The van der Waals surface area contributed by atoms with Crippen LogP contribution >= 0.6 is 0 Å². The summed E-state index contributed by atoms with van der Waals surface area (Å²) in [6.07, 6.45) is 11.2. The van der Waals surface area contributed by atoms with Gasteiger partial charge >= 0.3 is 0 Å². The average molecular weight is 562 g/mol. The molecule has 0 amide bonds. The van der Waals surface area contributed by atoms with E-state index in [0.717, 1.165) is 102 Å². The summed E-state index contributed by atoms with van der Waals surface area (Å²) in [4.78, 5) is 0.489. The van der Waals surface area contributed by atoms with E-state index >= 15 is 0 Å². The van der Waals surface area contributed by atoms with Gasteiger partial charge in [0.25, 0.3) is 0 Å². The number of sulfone groups is 1. The Bertz CT molecular complexity index is 1080. The summed E-state index contributed by atoms with van der Waals surface area (Å²) in [7, 11) is -3.21. The van der Waals surface area contributed by atoms with Crippen LogP contribution in [-0.4, -0.2) is 55.3 Å². The molecule has 0 aliphatic heterocycles. The molecular formula is C31H47NO6S. The summed E-state index contributed by atoms with van der Waals surface area (Å²) in [5.74, 6) is 0.0374. The fourth-order valence-electron chi connectivity index (χ4n) is 5.18. The fourth-order valence-corrected chi connectivity index (χ4v) is 7.11. The van der Waals surface area contributed by atoms with Crippen LogP contribution in [0.5, 0.6) is 5.75 Å². The number of phenols is 1. The molecule has 1 atom stereocenters. The van der Waals surface area contributed by atoms with E-state index in [2.05, 4.69) is 5.32 Å². The van der Waals surface area contributed by atoms with Gasteiger partial charge in [-0.15, -0.1) is 0 Å². The number of nitrogens with one attached hydrogen (secondary N) is 1. The highest BCUT2D eigenvalue weighted by atomic mass is 32.2. The Hall–Kier alpha value is -1.97. The molecule has 2 aromatic rings. The molecule has 0 aromatic heterocycles. The van der Waals surface area contributed by atoms with Crippen molar-refractivity contribution in [1.29, 1.82) is 0 Å². The largest absolute Gasteiger partial charge is 0.508 e. The number of benzene rings is 2. The second-order valence-electron chi connectivity index (χ2n) is 10.7. The van der Waals surface area contributed by atoms with Gasteiger partial charge in [0.05, 0.1) is 22.9 Å². The van der Waals surface area contributed by atoms with Crippen LogP contribution in [0, 0.1) is 0 Å². The van der Waals surface area contributed by atoms with Crippen molar-refractivity contribution in [3.63, 3.8) is 0 Å². The van der Waals surface area contributed by atoms with Gasteiger partial charge in [0.2, 0.25) is 0 Å². The molecule has 218 valence electrons. The van der Waals surface area contributed by atoms with Crippen LogP contribution in [0.3, 0.4) is 0 Å². The lowest BCUT2D eigenvalue weighted by Gasteiger charge is -2.22. The van der Waals surface area contributed by atoms with Gasteiger partial charge in [0, 0.05) is 25.3 Å². The topological polar surface area (TPSA) is 116 Å². The molecule has 1 saturated carbocycles. The van der Waals surface area contributed by atoms with Crippen molar-refractivity contribution in [2.24, 2.45) is 0 Å². The van der Waals surface area contributed by atoms with Crippen molar-refractivity contribution in [1.82, 2.24) is 5.32 Å². The zero-order valence-corrected chi connectivity index (χ0v) is 24.0. The van der Waals surface area contributed by atoms with Crippen LogP contribution in [0.25, 0.3) is 0 Å². The fraction of sp³-hybridized carbons (Fsp3) is 0.613. The quantitative estimate of drug-likeness (QED) is 0.185. The third kappa shape index (κ3) is 10.5. The van der Waals surface area contributed by atoms with Crippen LogP contribution in [0.4, 0.5) is 0 Å². The summed E-state index contributed by atoms with van der Waals surface area (Å²) < 4.78 is 31.7. The van der Waals surface area contributed by atoms with Crippen LogP contribution in [0.1, 0.15) is 93.4 Å². The van der Waals surface area contributed by atoms with Crippen LogP contribution in [0.2, 0.25) is 0 Å². The second kappa shape index (κ2) is 17.0. The normalized spacial score (nSPS) is 15.4. The van der Waals surface area contributed by atoms with E-state index in [9.17, 15) is 23.7 Å². The summed E-state index contributed by atoms with van der Waals surface area (Å²) in [5, 5.41) is 32.2. The zero-order chi connectivity index (χ0) is 27.9. The van der Waals surface area contributed by atoms with E-state index in [1.165, 1.54) is 6.07 Å². The number of hydrogen-bond acceptors (Lipinski definition) is 7. The van der Waals surface area contributed by atoms with Crippen LogP contribution in [0.15, 0.2) is 47.4 Å². The van der Waals surface area contributed by atoms with Crippen molar-refractivity contribution in [2.45, 2.75) is 99.9 Å². The summed E-state index contributed by atoms with van der Waals surface area (Å²) in [6, 6.07) is 12.3. The molecule has 0 heterocycles. The molecule has 1 aliphatic carbocycles. The third-order valence-electron chi connectivity index (χ3n) is 7.61. The lowest BCUT2D eigenvalue weighted by Crippen LogP contribution is -2.24.